The van der Waals surface area contributed by atoms with Crippen LogP contribution < -0.4 is 25.5 Å². The number of hydrogen-bond acceptors (Lipinski definition) is 8. The van der Waals surface area contributed by atoms with Crippen molar-refractivity contribution in [1.29, 1.82) is 0 Å². The standard InChI is InChI=1S/C54H40N2O8/c1-60-38-21-17-36(18-22-38)54(35-6-4-3-5-7-35,37-19-23-39(61-2)24-20-37)62-29-42-50(58)51(52(64-42)56-27-26-43(57)55-53(56)59)63-41-28-34-15-14-32-11-9-30-8-10-31-12-13-33-16-25-40(41)49-47(33)45(31)44(30)46(32)48(34)49/h3-28,42,50-52,58H,29H2,1-2H3,(H,55,57,59)/t42-,50?,51?,52-/m1/s1. The van der Waals surface area contributed by atoms with Gasteiger partial charge < -0.3 is 28.8 Å². The molecule has 11 aromatic rings. The van der Waals surface area contributed by atoms with Crippen LogP contribution in [0.5, 0.6) is 17.2 Å². The molecule has 0 bridgehead atoms. The summed E-state index contributed by atoms with van der Waals surface area (Å²) in [5, 5.41) is 26.1. The van der Waals surface area contributed by atoms with Crippen LogP contribution in [-0.2, 0) is 15.1 Å². The smallest absolute Gasteiger partial charge is 0.330 e. The Morgan fingerprint density at radius 2 is 1.11 bits per heavy atom. The second-order valence-corrected chi connectivity index (χ2v) is 16.6. The van der Waals surface area contributed by atoms with Gasteiger partial charge in [0.1, 0.15) is 35.1 Å². The molecule has 2 N–H and O–H groups in total. The van der Waals surface area contributed by atoms with Crippen LogP contribution in [0.1, 0.15) is 22.9 Å². The largest absolute Gasteiger partial charge is 0.497 e. The summed E-state index contributed by atoms with van der Waals surface area (Å²) in [7, 11) is 3.24. The SMILES string of the molecule is COc1ccc(C(OC[C@H]2O[C@@H](n3ccc(=O)[nH]c3=O)C(Oc3cc4ccc5ccc6ccc7ccc8ccc3c3c8c7c6c5c43)C2O)(c2ccccc2)c2ccc(OC)cc2)cc1. The van der Waals surface area contributed by atoms with E-state index in [1.54, 1.807) is 14.2 Å². The van der Waals surface area contributed by atoms with Crippen LogP contribution in [0.2, 0.25) is 0 Å². The number of aromatic nitrogens is 2. The maximum atomic E-state index is 13.6. The molecule has 10 aromatic carbocycles. The second-order valence-electron chi connectivity index (χ2n) is 16.6. The lowest BCUT2D eigenvalue weighted by Crippen LogP contribution is -2.42. The number of nitrogens with one attached hydrogen (secondary N) is 1. The van der Waals surface area contributed by atoms with E-state index in [0.29, 0.717) is 17.2 Å². The highest BCUT2D eigenvalue weighted by Gasteiger charge is 2.49. The molecule has 64 heavy (non-hydrogen) atoms. The molecule has 0 amide bonds. The molecule has 2 heterocycles. The van der Waals surface area contributed by atoms with Gasteiger partial charge in [-0.05, 0) is 107 Å². The molecule has 1 aromatic heterocycles. The predicted molar refractivity (Wildman–Crippen MR) is 249 cm³/mol. The fraction of sp³-hybridized carbons (Fsp3) is 0.148. The van der Waals surface area contributed by atoms with Gasteiger partial charge in [-0.2, -0.15) is 0 Å². The summed E-state index contributed by atoms with van der Waals surface area (Å²) < 4.78 is 33.3. The molecule has 1 saturated heterocycles. The molecule has 10 heteroatoms. The fourth-order valence-corrected chi connectivity index (χ4v) is 10.3. The molecule has 314 valence electrons. The van der Waals surface area contributed by atoms with Gasteiger partial charge in [0.2, 0.25) is 0 Å². The van der Waals surface area contributed by atoms with Crippen molar-refractivity contribution in [3.63, 3.8) is 0 Å². The zero-order valence-electron chi connectivity index (χ0n) is 34.8. The summed E-state index contributed by atoms with van der Waals surface area (Å²) in [6, 6.07) is 50.1. The Labute approximate surface area is 365 Å². The van der Waals surface area contributed by atoms with Crippen LogP contribution in [-0.4, -0.2) is 53.8 Å². The molecule has 1 fully saturated rings. The Morgan fingerprint density at radius 3 is 1.66 bits per heavy atom. The normalized spacial score (nSPS) is 18.1. The maximum Gasteiger partial charge on any atom is 0.330 e. The zero-order chi connectivity index (χ0) is 43.3. The Bertz CT molecular complexity index is 3520. The first-order valence-electron chi connectivity index (χ1n) is 21.2. The van der Waals surface area contributed by atoms with Crippen LogP contribution in [0, 0.1) is 0 Å². The predicted octanol–water partition coefficient (Wildman–Crippen LogP) is 9.50. The minimum absolute atomic E-state index is 0.136. The van der Waals surface area contributed by atoms with Gasteiger partial charge in [-0.3, -0.25) is 14.3 Å². The zero-order valence-corrected chi connectivity index (χ0v) is 34.8. The molecule has 1 aliphatic heterocycles. The number of aliphatic hydroxyl groups is 1. The second kappa shape index (κ2) is 14.5. The van der Waals surface area contributed by atoms with E-state index in [0.717, 1.165) is 59.8 Å². The number of ether oxygens (including phenoxy) is 5. The van der Waals surface area contributed by atoms with Crippen LogP contribution in [0.25, 0.3) is 64.6 Å². The number of methoxy groups -OCH3 is 2. The molecular weight excluding hydrogens is 805 g/mol. The average molecular weight is 845 g/mol. The third kappa shape index (κ3) is 5.63. The molecule has 0 spiro atoms. The molecule has 12 rings (SSSR count). The lowest BCUT2D eigenvalue weighted by molar-refractivity contribution is -0.0955. The third-order valence-corrected chi connectivity index (χ3v) is 13.3. The van der Waals surface area contributed by atoms with Crippen molar-refractivity contribution in [1.82, 2.24) is 9.55 Å². The van der Waals surface area contributed by atoms with E-state index >= 15 is 0 Å². The van der Waals surface area contributed by atoms with Crippen LogP contribution in [0.15, 0.2) is 167 Å². The Morgan fingerprint density at radius 1 is 0.609 bits per heavy atom. The number of nitrogens with zero attached hydrogens (tertiary/aromatic N) is 1. The molecule has 2 unspecified atom stereocenters. The van der Waals surface area contributed by atoms with Gasteiger partial charge in [0, 0.05) is 23.0 Å². The van der Waals surface area contributed by atoms with Gasteiger partial charge in [0.15, 0.2) is 12.3 Å². The van der Waals surface area contributed by atoms with E-state index in [9.17, 15) is 14.7 Å². The monoisotopic (exact) mass is 844 g/mol. The van der Waals surface area contributed by atoms with Gasteiger partial charge >= 0.3 is 5.69 Å². The number of rotatable bonds is 11. The fourth-order valence-electron chi connectivity index (χ4n) is 10.3. The topological polar surface area (TPSA) is 121 Å². The van der Waals surface area contributed by atoms with Gasteiger partial charge in [0.25, 0.3) is 5.56 Å². The summed E-state index contributed by atoms with van der Waals surface area (Å²) in [6.45, 7) is -0.136. The van der Waals surface area contributed by atoms with Crippen LogP contribution >= 0.6 is 0 Å². The number of benzene rings is 10. The summed E-state index contributed by atoms with van der Waals surface area (Å²) in [6.07, 6.45) is -3.24. The summed E-state index contributed by atoms with van der Waals surface area (Å²) in [4.78, 5) is 28.3. The molecule has 0 radical (unpaired) electrons. The third-order valence-electron chi connectivity index (χ3n) is 13.3. The molecule has 1 aliphatic rings. The molecule has 4 atom stereocenters. The number of aromatic amines is 1. The lowest BCUT2D eigenvalue weighted by Gasteiger charge is -2.37. The van der Waals surface area contributed by atoms with E-state index in [4.69, 9.17) is 23.7 Å². The minimum Gasteiger partial charge on any atom is -0.497 e. The Balaban J connectivity index is 0.997. The number of hydrogen-bond donors (Lipinski definition) is 2. The van der Waals surface area contributed by atoms with Gasteiger partial charge in [0.05, 0.1) is 20.8 Å². The van der Waals surface area contributed by atoms with Gasteiger partial charge in [-0.25, -0.2) is 4.79 Å². The Hall–Kier alpha value is -7.50. The van der Waals surface area contributed by atoms with Crippen LogP contribution in [0.4, 0.5) is 0 Å². The van der Waals surface area contributed by atoms with Gasteiger partial charge in [-0.15, -0.1) is 0 Å². The summed E-state index contributed by atoms with van der Waals surface area (Å²) in [5.41, 5.74) is -0.0430. The quantitative estimate of drug-likeness (QED) is 0.0751. The van der Waals surface area contributed by atoms with Crippen molar-refractivity contribution < 1.29 is 28.8 Å². The highest BCUT2D eigenvalue weighted by atomic mass is 16.6. The highest BCUT2D eigenvalue weighted by molar-refractivity contribution is 6.44. The highest BCUT2D eigenvalue weighted by Crippen LogP contribution is 2.51. The van der Waals surface area contributed by atoms with E-state index in [1.165, 1.54) is 38.4 Å². The van der Waals surface area contributed by atoms with Crippen molar-refractivity contribution in [3.05, 3.63) is 195 Å². The van der Waals surface area contributed by atoms with Crippen molar-refractivity contribution in [2.75, 3.05) is 20.8 Å². The molecule has 0 aliphatic carbocycles. The molecule has 10 nitrogen and oxygen atoms in total. The van der Waals surface area contributed by atoms with Crippen molar-refractivity contribution in [3.8, 4) is 17.2 Å². The van der Waals surface area contributed by atoms with E-state index in [-0.39, 0.29) is 6.61 Å². The molecular formula is C54H40N2O8. The Kier molecular flexibility index (Phi) is 8.67. The molecule has 0 saturated carbocycles. The van der Waals surface area contributed by atoms with Gasteiger partial charge in [-0.1, -0.05) is 109 Å². The number of H-pyrrole nitrogens is 1. The first kappa shape index (κ1) is 38.2. The number of aliphatic hydroxyl groups excluding tert-OH is 1. The van der Waals surface area contributed by atoms with Crippen molar-refractivity contribution in [2.45, 2.75) is 30.1 Å². The van der Waals surface area contributed by atoms with E-state index < -0.39 is 41.4 Å². The summed E-state index contributed by atoms with van der Waals surface area (Å²) in [5.74, 6) is 1.89. The first-order valence-corrected chi connectivity index (χ1v) is 21.2. The van der Waals surface area contributed by atoms with Crippen molar-refractivity contribution >= 4 is 64.6 Å². The summed E-state index contributed by atoms with van der Waals surface area (Å²) >= 11 is 0. The minimum atomic E-state index is -1.31. The lowest BCUT2D eigenvalue weighted by atomic mass is 9.80. The first-order chi connectivity index (χ1) is 31.3. The average Bonchev–Trinajstić information content (AvgIpc) is 3.64. The van der Waals surface area contributed by atoms with E-state index in [1.807, 2.05) is 84.9 Å². The van der Waals surface area contributed by atoms with E-state index in [2.05, 4.69) is 65.6 Å². The maximum absolute atomic E-state index is 13.6. The van der Waals surface area contributed by atoms with Crippen LogP contribution in [0.3, 0.4) is 0 Å². The van der Waals surface area contributed by atoms with Crippen molar-refractivity contribution in [2.24, 2.45) is 0 Å².